The second kappa shape index (κ2) is 5.97. The third kappa shape index (κ3) is 2.68. The average Bonchev–Trinajstić information content (AvgIpc) is 3.10. The monoisotopic (exact) mass is 354 g/mol. The van der Waals surface area contributed by atoms with Gasteiger partial charge in [-0.3, -0.25) is 14.6 Å². The van der Waals surface area contributed by atoms with E-state index in [0.717, 1.165) is 16.0 Å². The number of rotatable bonds is 3. The molecule has 0 N–H and O–H groups in total. The summed E-state index contributed by atoms with van der Waals surface area (Å²) in [6.07, 6.45) is 0. The highest BCUT2D eigenvalue weighted by Crippen LogP contribution is 2.33. The molecule has 1 saturated heterocycles. The maximum atomic E-state index is 12.9. The molecule has 4 rings (SSSR count). The lowest BCUT2D eigenvalue weighted by atomic mass is 10.1. The Morgan fingerprint density at radius 3 is 2.56 bits per heavy atom. The summed E-state index contributed by atoms with van der Waals surface area (Å²) in [5.41, 5.74) is 2.62. The van der Waals surface area contributed by atoms with E-state index in [0.29, 0.717) is 17.3 Å². The van der Waals surface area contributed by atoms with Gasteiger partial charge in [0.05, 0.1) is 12.2 Å². The highest BCUT2D eigenvalue weighted by molar-refractivity contribution is 6.31. The van der Waals surface area contributed by atoms with Crippen LogP contribution in [0.4, 0.5) is 5.69 Å². The number of aryl methyl sites for hydroxylation is 1. The normalized spacial score (nSPS) is 22.0. The summed E-state index contributed by atoms with van der Waals surface area (Å²) in [5, 5.41) is 10.1. The van der Waals surface area contributed by atoms with E-state index >= 15 is 0 Å². The Morgan fingerprint density at radius 2 is 1.84 bits per heavy atom. The van der Waals surface area contributed by atoms with Gasteiger partial charge in [0.25, 0.3) is 11.8 Å². The Labute approximate surface area is 149 Å². The van der Waals surface area contributed by atoms with Crippen LogP contribution in [0.2, 0.25) is 5.02 Å². The molecule has 0 spiro atoms. The largest absolute Gasteiger partial charge is 0.271 e. The van der Waals surface area contributed by atoms with Gasteiger partial charge in [0.2, 0.25) is 0 Å². The predicted molar refractivity (Wildman–Crippen MR) is 93.1 cm³/mol. The first-order valence-electron chi connectivity index (χ1n) is 7.91. The van der Waals surface area contributed by atoms with Crippen molar-refractivity contribution in [3.05, 3.63) is 64.7 Å². The van der Waals surface area contributed by atoms with Crippen molar-refractivity contribution in [1.29, 1.82) is 0 Å². The summed E-state index contributed by atoms with van der Waals surface area (Å²) in [6.45, 7) is 2.44. The summed E-state index contributed by atoms with van der Waals surface area (Å²) < 4.78 is 0. The maximum absolute atomic E-state index is 12.9. The lowest BCUT2D eigenvalue weighted by molar-refractivity contribution is -0.123. The number of anilines is 1. The van der Waals surface area contributed by atoms with Crippen LogP contribution in [0, 0.1) is 6.92 Å². The number of hydrogen-bond acceptors (Lipinski definition) is 5. The topological polar surface area (TPSA) is 65.3 Å². The lowest BCUT2D eigenvalue weighted by Crippen LogP contribution is -2.39. The first-order chi connectivity index (χ1) is 12.0. The molecule has 0 aliphatic carbocycles. The first kappa shape index (κ1) is 15.8. The predicted octanol–water partition coefficient (Wildman–Crippen LogP) is 3.14. The molecular weight excluding hydrogens is 340 g/mol. The Balaban J connectivity index is 1.60. The van der Waals surface area contributed by atoms with Crippen molar-refractivity contribution in [3.63, 3.8) is 0 Å². The fourth-order valence-corrected chi connectivity index (χ4v) is 3.29. The zero-order valence-electron chi connectivity index (χ0n) is 13.5. The Kier molecular flexibility index (Phi) is 3.77. The van der Waals surface area contributed by atoms with E-state index in [1.54, 1.807) is 29.3 Å². The van der Waals surface area contributed by atoms with Crippen LogP contribution in [0.15, 0.2) is 58.9 Å². The zero-order chi connectivity index (χ0) is 17.6. The molecule has 2 aromatic rings. The molecule has 2 heterocycles. The SMILES string of the molecule is Cc1ccc(CN2N=N[C@@H]3C(=O)N(c4cccc(Cl)c4)C(=O)[C@@H]32)cc1. The van der Waals surface area contributed by atoms with Crippen molar-refractivity contribution in [3.8, 4) is 0 Å². The minimum absolute atomic E-state index is 0.325. The van der Waals surface area contributed by atoms with Crippen LogP contribution in [-0.4, -0.2) is 28.9 Å². The number of fused-ring (bicyclic) bond motifs is 1. The van der Waals surface area contributed by atoms with Gasteiger partial charge in [0, 0.05) is 5.02 Å². The first-order valence-corrected chi connectivity index (χ1v) is 8.29. The van der Waals surface area contributed by atoms with E-state index in [-0.39, 0.29) is 11.8 Å². The van der Waals surface area contributed by atoms with Crippen LogP contribution in [-0.2, 0) is 16.1 Å². The number of nitrogens with zero attached hydrogens (tertiary/aromatic N) is 4. The summed E-state index contributed by atoms with van der Waals surface area (Å²) in [6, 6.07) is 13.1. The van der Waals surface area contributed by atoms with Gasteiger partial charge < -0.3 is 0 Å². The molecular formula is C18H15ClN4O2. The molecule has 2 aliphatic heterocycles. The summed E-state index contributed by atoms with van der Waals surface area (Å²) in [5.74, 6) is -0.693. The third-order valence-corrected chi connectivity index (χ3v) is 4.62. The van der Waals surface area contributed by atoms with Crippen LogP contribution < -0.4 is 4.90 Å². The van der Waals surface area contributed by atoms with Crippen LogP contribution >= 0.6 is 11.6 Å². The number of carbonyl (C=O) groups excluding carboxylic acids is 2. The Bertz CT molecular complexity index is 881. The Morgan fingerprint density at radius 1 is 1.08 bits per heavy atom. The molecule has 0 bridgehead atoms. The molecule has 126 valence electrons. The van der Waals surface area contributed by atoms with Gasteiger partial charge in [-0.2, -0.15) is 5.11 Å². The third-order valence-electron chi connectivity index (χ3n) is 4.39. The molecule has 0 radical (unpaired) electrons. The number of amides is 2. The molecule has 2 atom stereocenters. The quantitative estimate of drug-likeness (QED) is 0.795. The molecule has 2 aromatic carbocycles. The minimum atomic E-state index is -0.795. The molecule has 1 fully saturated rings. The molecule has 7 heteroatoms. The van der Waals surface area contributed by atoms with Crippen molar-refractivity contribution in [1.82, 2.24) is 5.01 Å². The second-order valence-electron chi connectivity index (χ2n) is 6.17. The van der Waals surface area contributed by atoms with Crippen LogP contribution in [0.1, 0.15) is 11.1 Å². The molecule has 2 aliphatic rings. The number of hydrogen-bond donors (Lipinski definition) is 0. The van der Waals surface area contributed by atoms with Crippen LogP contribution in [0.25, 0.3) is 0 Å². The van der Waals surface area contributed by atoms with E-state index in [1.807, 2.05) is 31.2 Å². The van der Waals surface area contributed by atoms with Gasteiger partial charge in [-0.05, 0) is 30.7 Å². The zero-order valence-corrected chi connectivity index (χ0v) is 14.2. The molecule has 6 nitrogen and oxygen atoms in total. The highest BCUT2D eigenvalue weighted by atomic mass is 35.5. The molecule has 25 heavy (non-hydrogen) atoms. The van der Waals surface area contributed by atoms with E-state index < -0.39 is 12.1 Å². The van der Waals surface area contributed by atoms with Crippen LogP contribution in [0.5, 0.6) is 0 Å². The molecule has 0 aromatic heterocycles. The van der Waals surface area contributed by atoms with Gasteiger partial charge in [-0.15, -0.1) is 0 Å². The van der Waals surface area contributed by atoms with Gasteiger partial charge in [0.1, 0.15) is 0 Å². The van der Waals surface area contributed by atoms with Gasteiger partial charge in [-0.25, -0.2) is 4.90 Å². The molecule has 2 amide bonds. The van der Waals surface area contributed by atoms with Gasteiger partial charge >= 0.3 is 0 Å². The fourth-order valence-electron chi connectivity index (χ4n) is 3.10. The van der Waals surface area contributed by atoms with Crippen molar-refractivity contribution in [2.45, 2.75) is 25.6 Å². The number of imide groups is 1. The van der Waals surface area contributed by atoms with Crippen molar-refractivity contribution in [2.75, 3.05) is 4.90 Å². The number of halogens is 1. The van der Waals surface area contributed by atoms with Crippen molar-refractivity contribution in [2.24, 2.45) is 10.3 Å². The average molecular weight is 355 g/mol. The van der Waals surface area contributed by atoms with E-state index in [4.69, 9.17) is 11.6 Å². The van der Waals surface area contributed by atoms with E-state index in [1.165, 1.54) is 0 Å². The lowest BCUT2D eigenvalue weighted by Gasteiger charge is -2.20. The molecule has 0 unspecified atom stereocenters. The van der Waals surface area contributed by atoms with E-state index in [2.05, 4.69) is 10.3 Å². The number of benzene rings is 2. The Hall–Kier alpha value is -2.73. The van der Waals surface area contributed by atoms with Crippen molar-refractivity contribution >= 4 is 29.1 Å². The smallest absolute Gasteiger partial charge is 0.263 e. The standard InChI is InChI=1S/C18H15ClN4O2/c1-11-5-7-12(8-6-11)10-22-16-15(20-21-22)17(24)23(18(16)25)14-4-2-3-13(19)9-14/h2-9,15-16H,10H2,1H3/t15-,16+/m0/s1. The summed E-state index contributed by atoms with van der Waals surface area (Å²) >= 11 is 5.99. The highest BCUT2D eigenvalue weighted by Gasteiger charge is 2.54. The summed E-state index contributed by atoms with van der Waals surface area (Å²) in [7, 11) is 0. The van der Waals surface area contributed by atoms with E-state index in [9.17, 15) is 9.59 Å². The summed E-state index contributed by atoms with van der Waals surface area (Å²) in [4.78, 5) is 26.7. The molecule has 0 saturated carbocycles. The van der Waals surface area contributed by atoms with Crippen molar-refractivity contribution < 1.29 is 9.59 Å². The number of carbonyl (C=O) groups is 2. The second-order valence-corrected chi connectivity index (χ2v) is 6.61. The minimum Gasteiger partial charge on any atom is -0.271 e. The van der Waals surface area contributed by atoms with Crippen LogP contribution in [0.3, 0.4) is 0 Å². The maximum Gasteiger partial charge on any atom is 0.263 e. The van der Waals surface area contributed by atoms with Gasteiger partial charge in [0.15, 0.2) is 12.1 Å². The fraction of sp³-hybridized carbons (Fsp3) is 0.222. The van der Waals surface area contributed by atoms with Gasteiger partial charge in [-0.1, -0.05) is 52.7 Å².